The van der Waals surface area contributed by atoms with Crippen LogP contribution in [0.3, 0.4) is 0 Å². The summed E-state index contributed by atoms with van der Waals surface area (Å²) in [5.41, 5.74) is 6.90. The van der Waals surface area contributed by atoms with Gasteiger partial charge in [-0.1, -0.05) is 29.8 Å². The van der Waals surface area contributed by atoms with Gasteiger partial charge in [-0.25, -0.2) is 9.67 Å². The molecule has 31 heavy (non-hydrogen) atoms. The van der Waals surface area contributed by atoms with E-state index in [0.29, 0.717) is 5.69 Å². The summed E-state index contributed by atoms with van der Waals surface area (Å²) in [4.78, 5) is 17.3. The van der Waals surface area contributed by atoms with Gasteiger partial charge in [-0.15, -0.1) is 0 Å². The number of aromatic nitrogens is 4. The molecule has 1 N–H and O–H groups in total. The van der Waals surface area contributed by atoms with Crippen LogP contribution in [0.1, 0.15) is 45.1 Å². The smallest absolute Gasteiger partial charge is 0.276 e. The fourth-order valence-electron chi connectivity index (χ4n) is 4.17. The molecule has 5 rings (SSSR count). The number of carbonyl (C=O) groups is 1. The monoisotopic (exact) mass is 411 g/mol. The summed E-state index contributed by atoms with van der Waals surface area (Å²) in [6.07, 6.45) is 6.68. The molecule has 2 aromatic heterocycles. The Balaban J connectivity index is 1.35. The second kappa shape index (κ2) is 7.87. The van der Waals surface area contributed by atoms with Crippen molar-refractivity contribution in [2.75, 3.05) is 5.32 Å². The standard InChI is InChI=1S/C25H25N5O/c1-17-6-12-21(13-7-17)30-23-5-3-4-22(23)24(28-30)25(31)27-20-10-8-19(9-11-20)16-29-15-14-26-18(29)2/h6-15H,3-5,16H2,1-2H3,(H,27,31). The Hall–Kier alpha value is -3.67. The van der Waals surface area contributed by atoms with Crippen molar-refractivity contribution in [3.8, 4) is 5.69 Å². The maximum Gasteiger partial charge on any atom is 0.276 e. The molecule has 1 aliphatic carbocycles. The molecule has 2 heterocycles. The molecule has 0 saturated carbocycles. The quantitative estimate of drug-likeness (QED) is 0.527. The predicted molar refractivity (Wildman–Crippen MR) is 121 cm³/mol. The van der Waals surface area contributed by atoms with Crippen molar-refractivity contribution >= 4 is 11.6 Å². The fraction of sp³-hybridized carbons (Fsp3) is 0.240. The molecule has 0 fully saturated rings. The van der Waals surface area contributed by atoms with Crippen molar-refractivity contribution in [1.29, 1.82) is 0 Å². The zero-order chi connectivity index (χ0) is 21.4. The normalized spacial score (nSPS) is 12.7. The number of fused-ring (bicyclic) bond motifs is 1. The van der Waals surface area contributed by atoms with E-state index in [4.69, 9.17) is 5.10 Å². The summed E-state index contributed by atoms with van der Waals surface area (Å²) in [6, 6.07) is 16.2. The molecule has 0 unspecified atom stereocenters. The number of rotatable bonds is 5. The zero-order valence-electron chi connectivity index (χ0n) is 17.8. The van der Waals surface area contributed by atoms with Crippen LogP contribution in [-0.2, 0) is 19.4 Å². The third-order valence-electron chi connectivity index (χ3n) is 5.91. The third kappa shape index (κ3) is 3.77. The first kappa shape index (κ1) is 19.3. The Kier molecular flexibility index (Phi) is 4.90. The Labute approximate surface area is 181 Å². The van der Waals surface area contributed by atoms with E-state index >= 15 is 0 Å². The lowest BCUT2D eigenvalue weighted by atomic mass is 10.1. The van der Waals surface area contributed by atoms with Crippen LogP contribution in [0.25, 0.3) is 5.69 Å². The number of imidazole rings is 1. The van der Waals surface area contributed by atoms with Crippen LogP contribution in [0.2, 0.25) is 0 Å². The molecule has 0 saturated heterocycles. The lowest BCUT2D eigenvalue weighted by Gasteiger charge is -2.08. The van der Waals surface area contributed by atoms with E-state index in [0.717, 1.165) is 59.8 Å². The summed E-state index contributed by atoms with van der Waals surface area (Å²) in [5, 5.41) is 7.72. The highest BCUT2D eigenvalue weighted by Gasteiger charge is 2.27. The van der Waals surface area contributed by atoms with Gasteiger partial charge in [0.1, 0.15) is 5.82 Å². The van der Waals surface area contributed by atoms with Crippen LogP contribution in [0, 0.1) is 13.8 Å². The van der Waals surface area contributed by atoms with Crippen molar-refractivity contribution in [2.24, 2.45) is 0 Å². The van der Waals surface area contributed by atoms with Crippen LogP contribution in [0.4, 0.5) is 5.69 Å². The van der Waals surface area contributed by atoms with Gasteiger partial charge in [0, 0.05) is 35.9 Å². The Bertz CT molecular complexity index is 1230. The van der Waals surface area contributed by atoms with Gasteiger partial charge in [0.15, 0.2) is 5.69 Å². The van der Waals surface area contributed by atoms with Gasteiger partial charge in [-0.05, 0) is 62.9 Å². The van der Waals surface area contributed by atoms with Gasteiger partial charge in [-0.2, -0.15) is 5.10 Å². The molecule has 156 valence electrons. The molecule has 0 radical (unpaired) electrons. The average molecular weight is 412 g/mol. The molecule has 1 aliphatic rings. The van der Waals surface area contributed by atoms with Gasteiger partial charge in [-0.3, -0.25) is 4.79 Å². The second-order valence-corrected chi connectivity index (χ2v) is 8.13. The van der Waals surface area contributed by atoms with E-state index in [-0.39, 0.29) is 5.91 Å². The highest BCUT2D eigenvalue weighted by Crippen LogP contribution is 2.28. The molecule has 0 atom stereocenters. The zero-order valence-corrected chi connectivity index (χ0v) is 17.8. The highest BCUT2D eigenvalue weighted by atomic mass is 16.2. The number of aryl methyl sites for hydroxylation is 2. The Morgan fingerprint density at radius 3 is 2.52 bits per heavy atom. The summed E-state index contributed by atoms with van der Waals surface area (Å²) in [7, 11) is 0. The maximum absolute atomic E-state index is 13.1. The number of amides is 1. The van der Waals surface area contributed by atoms with E-state index in [1.807, 2.05) is 42.1 Å². The molecule has 0 bridgehead atoms. The van der Waals surface area contributed by atoms with E-state index in [1.165, 1.54) is 5.56 Å². The second-order valence-electron chi connectivity index (χ2n) is 8.13. The molecule has 4 aromatic rings. The lowest BCUT2D eigenvalue weighted by molar-refractivity contribution is 0.102. The van der Waals surface area contributed by atoms with Crippen molar-refractivity contribution in [2.45, 2.75) is 39.7 Å². The van der Waals surface area contributed by atoms with E-state index < -0.39 is 0 Å². The summed E-state index contributed by atoms with van der Waals surface area (Å²) in [5.74, 6) is 0.831. The summed E-state index contributed by atoms with van der Waals surface area (Å²) in [6.45, 7) is 4.81. The van der Waals surface area contributed by atoms with Gasteiger partial charge >= 0.3 is 0 Å². The number of hydrogen-bond acceptors (Lipinski definition) is 3. The molecule has 6 nitrogen and oxygen atoms in total. The van der Waals surface area contributed by atoms with Crippen LogP contribution >= 0.6 is 0 Å². The fourth-order valence-corrected chi connectivity index (χ4v) is 4.17. The number of nitrogens with zero attached hydrogens (tertiary/aromatic N) is 4. The molecular weight excluding hydrogens is 386 g/mol. The molecule has 6 heteroatoms. The molecule has 0 aliphatic heterocycles. The number of hydrogen-bond donors (Lipinski definition) is 1. The Morgan fingerprint density at radius 2 is 1.81 bits per heavy atom. The Morgan fingerprint density at radius 1 is 1.03 bits per heavy atom. The van der Waals surface area contributed by atoms with Crippen molar-refractivity contribution in [3.05, 3.63) is 94.8 Å². The van der Waals surface area contributed by atoms with E-state index in [1.54, 1.807) is 6.20 Å². The minimum absolute atomic E-state index is 0.151. The highest BCUT2D eigenvalue weighted by molar-refractivity contribution is 6.04. The van der Waals surface area contributed by atoms with Crippen LogP contribution in [0.15, 0.2) is 60.9 Å². The van der Waals surface area contributed by atoms with Crippen molar-refractivity contribution in [3.63, 3.8) is 0 Å². The van der Waals surface area contributed by atoms with Crippen LogP contribution in [0.5, 0.6) is 0 Å². The summed E-state index contributed by atoms with van der Waals surface area (Å²) >= 11 is 0. The summed E-state index contributed by atoms with van der Waals surface area (Å²) < 4.78 is 4.03. The van der Waals surface area contributed by atoms with Gasteiger partial charge in [0.2, 0.25) is 0 Å². The molecule has 1 amide bonds. The maximum atomic E-state index is 13.1. The van der Waals surface area contributed by atoms with Crippen molar-refractivity contribution < 1.29 is 4.79 Å². The SMILES string of the molecule is Cc1ccc(-n2nc(C(=O)Nc3ccc(Cn4ccnc4C)cc3)c3c2CCC3)cc1. The molecule has 2 aromatic carbocycles. The van der Waals surface area contributed by atoms with Crippen molar-refractivity contribution in [1.82, 2.24) is 19.3 Å². The minimum Gasteiger partial charge on any atom is -0.331 e. The number of benzene rings is 2. The largest absolute Gasteiger partial charge is 0.331 e. The van der Waals surface area contributed by atoms with Gasteiger partial charge in [0.05, 0.1) is 5.69 Å². The molecular formula is C25H25N5O. The predicted octanol–water partition coefficient (Wildman–Crippen LogP) is 4.47. The van der Waals surface area contributed by atoms with Gasteiger partial charge < -0.3 is 9.88 Å². The van der Waals surface area contributed by atoms with E-state index in [9.17, 15) is 4.79 Å². The number of anilines is 1. The van der Waals surface area contributed by atoms with Crippen LogP contribution < -0.4 is 5.32 Å². The first-order valence-corrected chi connectivity index (χ1v) is 10.6. The van der Waals surface area contributed by atoms with Gasteiger partial charge in [0.25, 0.3) is 5.91 Å². The number of carbonyl (C=O) groups excluding carboxylic acids is 1. The topological polar surface area (TPSA) is 64.7 Å². The van der Waals surface area contributed by atoms with Crippen LogP contribution in [-0.4, -0.2) is 25.2 Å². The minimum atomic E-state index is -0.151. The average Bonchev–Trinajstić information content (AvgIpc) is 3.48. The lowest BCUT2D eigenvalue weighted by Crippen LogP contribution is -2.15. The number of nitrogens with one attached hydrogen (secondary N) is 1. The first-order chi connectivity index (χ1) is 15.1. The first-order valence-electron chi connectivity index (χ1n) is 10.6. The molecule has 0 spiro atoms. The van der Waals surface area contributed by atoms with E-state index in [2.05, 4.69) is 46.1 Å². The third-order valence-corrected chi connectivity index (χ3v) is 5.91.